The number of aliphatic carboxylic acids is 1. The van der Waals surface area contributed by atoms with Gasteiger partial charge in [0, 0.05) is 32.4 Å². The summed E-state index contributed by atoms with van der Waals surface area (Å²) in [6, 6.07) is 4.80. The fourth-order valence-corrected chi connectivity index (χ4v) is 2.48. The van der Waals surface area contributed by atoms with Crippen LogP contribution in [-0.4, -0.2) is 64.0 Å². The highest BCUT2D eigenvalue weighted by molar-refractivity contribution is 5.92. The minimum Gasteiger partial charge on any atom is -0.480 e. The molecule has 2 heterocycles. The van der Waals surface area contributed by atoms with Gasteiger partial charge in [0.2, 0.25) is 0 Å². The number of carbonyl (C=O) groups is 2. The molecular formula is C14H19N3O3. The first-order valence-electron chi connectivity index (χ1n) is 6.80. The van der Waals surface area contributed by atoms with Gasteiger partial charge in [0.25, 0.3) is 5.91 Å². The van der Waals surface area contributed by atoms with Crippen LogP contribution >= 0.6 is 0 Å². The molecule has 1 atom stereocenters. The second-order valence-electron chi connectivity index (χ2n) is 4.81. The number of nitrogens with zero attached hydrogens (tertiary/aromatic N) is 3. The molecule has 1 amide bonds. The number of carboxylic acids is 1. The van der Waals surface area contributed by atoms with Gasteiger partial charge in [-0.05, 0) is 18.6 Å². The first kappa shape index (κ1) is 14.5. The predicted molar refractivity (Wildman–Crippen MR) is 73.4 cm³/mol. The van der Waals surface area contributed by atoms with Crippen molar-refractivity contribution in [3.8, 4) is 0 Å². The molecule has 2 rings (SSSR count). The molecule has 1 aliphatic heterocycles. The van der Waals surface area contributed by atoms with E-state index in [0.29, 0.717) is 38.3 Å². The molecule has 1 aromatic rings. The van der Waals surface area contributed by atoms with Crippen molar-refractivity contribution in [1.29, 1.82) is 0 Å². The first-order chi connectivity index (χ1) is 9.63. The maximum Gasteiger partial charge on any atom is 0.320 e. The zero-order valence-electron chi connectivity index (χ0n) is 11.5. The number of carbonyl (C=O) groups excluding carboxylic acids is 1. The van der Waals surface area contributed by atoms with Crippen molar-refractivity contribution in [3.63, 3.8) is 0 Å². The smallest absolute Gasteiger partial charge is 0.320 e. The zero-order valence-corrected chi connectivity index (χ0v) is 11.5. The summed E-state index contributed by atoms with van der Waals surface area (Å²) in [4.78, 5) is 31.0. The highest BCUT2D eigenvalue weighted by Gasteiger charge is 2.29. The average molecular weight is 277 g/mol. The fourth-order valence-electron chi connectivity index (χ4n) is 2.48. The third-order valence-electron chi connectivity index (χ3n) is 3.60. The Morgan fingerprint density at radius 1 is 1.30 bits per heavy atom. The molecule has 0 spiro atoms. The number of aromatic nitrogens is 1. The lowest BCUT2D eigenvalue weighted by Gasteiger charge is -2.37. The molecule has 20 heavy (non-hydrogen) atoms. The predicted octanol–water partition coefficient (Wildman–Crippen LogP) is 0.703. The summed E-state index contributed by atoms with van der Waals surface area (Å²) in [5, 5.41) is 9.15. The minimum absolute atomic E-state index is 0.0892. The van der Waals surface area contributed by atoms with Crippen LogP contribution in [0.3, 0.4) is 0 Å². The molecule has 0 saturated carbocycles. The quantitative estimate of drug-likeness (QED) is 0.877. The second-order valence-corrected chi connectivity index (χ2v) is 4.81. The van der Waals surface area contributed by atoms with Crippen molar-refractivity contribution in [2.24, 2.45) is 0 Å². The Balaban J connectivity index is 1.94. The minimum atomic E-state index is -0.794. The Morgan fingerprint density at radius 3 is 2.50 bits per heavy atom. The summed E-state index contributed by atoms with van der Waals surface area (Å²) in [5.74, 6) is -0.884. The average Bonchev–Trinajstić information content (AvgIpc) is 2.48. The standard InChI is InChI=1S/C14H19N3O3/c1-2-12(14(19)20)16-7-9-17(10-8-16)13(18)11-5-3-4-6-15-11/h3-6,12H,2,7-10H2,1H3,(H,19,20). The van der Waals surface area contributed by atoms with Gasteiger partial charge in [0.15, 0.2) is 0 Å². The van der Waals surface area contributed by atoms with Crippen LogP contribution in [-0.2, 0) is 4.79 Å². The van der Waals surface area contributed by atoms with Crippen LogP contribution in [0.25, 0.3) is 0 Å². The van der Waals surface area contributed by atoms with Crippen molar-refractivity contribution >= 4 is 11.9 Å². The van der Waals surface area contributed by atoms with Crippen LogP contribution in [0.1, 0.15) is 23.8 Å². The molecule has 0 bridgehead atoms. The van der Waals surface area contributed by atoms with Crippen LogP contribution in [0.4, 0.5) is 0 Å². The van der Waals surface area contributed by atoms with Crippen molar-refractivity contribution < 1.29 is 14.7 Å². The van der Waals surface area contributed by atoms with Gasteiger partial charge in [-0.2, -0.15) is 0 Å². The van der Waals surface area contributed by atoms with Crippen molar-refractivity contribution in [1.82, 2.24) is 14.8 Å². The largest absolute Gasteiger partial charge is 0.480 e. The molecule has 1 aromatic heterocycles. The Kier molecular flexibility index (Phi) is 4.68. The highest BCUT2D eigenvalue weighted by Crippen LogP contribution is 2.11. The van der Waals surface area contributed by atoms with Crippen molar-refractivity contribution in [3.05, 3.63) is 30.1 Å². The van der Waals surface area contributed by atoms with Gasteiger partial charge in [-0.3, -0.25) is 19.5 Å². The maximum absolute atomic E-state index is 12.2. The van der Waals surface area contributed by atoms with E-state index in [0.717, 1.165) is 0 Å². The van der Waals surface area contributed by atoms with Crippen LogP contribution < -0.4 is 0 Å². The van der Waals surface area contributed by atoms with E-state index in [-0.39, 0.29) is 5.91 Å². The van der Waals surface area contributed by atoms with E-state index >= 15 is 0 Å². The Bertz CT molecular complexity index is 470. The molecule has 0 aliphatic carbocycles. The van der Waals surface area contributed by atoms with Gasteiger partial charge in [0.05, 0.1) is 0 Å². The molecule has 6 nitrogen and oxygen atoms in total. The van der Waals surface area contributed by atoms with E-state index in [9.17, 15) is 9.59 Å². The van der Waals surface area contributed by atoms with Crippen molar-refractivity contribution in [2.45, 2.75) is 19.4 Å². The number of pyridine rings is 1. The number of hydrogen-bond acceptors (Lipinski definition) is 4. The third kappa shape index (κ3) is 3.14. The molecule has 108 valence electrons. The van der Waals surface area contributed by atoms with Crippen LogP contribution in [0, 0.1) is 0 Å². The van der Waals surface area contributed by atoms with E-state index in [1.165, 1.54) is 0 Å². The Labute approximate surface area is 118 Å². The number of amides is 1. The lowest BCUT2D eigenvalue weighted by molar-refractivity contribution is -0.144. The van der Waals surface area contributed by atoms with E-state index in [2.05, 4.69) is 4.98 Å². The normalized spacial score (nSPS) is 17.8. The van der Waals surface area contributed by atoms with Gasteiger partial charge >= 0.3 is 5.97 Å². The molecule has 0 radical (unpaired) electrons. The highest BCUT2D eigenvalue weighted by atomic mass is 16.4. The summed E-state index contributed by atoms with van der Waals surface area (Å²) in [6.45, 7) is 4.12. The van der Waals surface area contributed by atoms with Gasteiger partial charge in [-0.25, -0.2) is 0 Å². The summed E-state index contributed by atoms with van der Waals surface area (Å²) in [6.07, 6.45) is 2.17. The summed E-state index contributed by atoms with van der Waals surface area (Å²) < 4.78 is 0. The summed E-state index contributed by atoms with van der Waals surface area (Å²) in [7, 11) is 0. The molecule has 0 aromatic carbocycles. The van der Waals surface area contributed by atoms with E-state index in [1.807, 2.05) is 11.8 Å². The van der Waals surface area contributed by atoms with Crippen LogP contribution in [0.2, 0.25) is 0 Å². The Morgan fingerprint density at radius 2 is 2.00 bits per heavy atom. The first-order valence-corrected chi connectivity index (χ1v) is 6.80. The fraction of sp³-hybridized carbons (Fsp3) is 0.500. The lowest BCUT2D eigenvalue weighted by Crippen LogP contribution is -2.53. The van der Waals surface area contributed by atoms with E-state index < -0.39 is 12.0 Å². The SMILES string of the molecule is CCC(C(=O)O)N1CCN(C(=O)c2ccccn2)CC1. The molecule has 1 fully saturated rings. The molecular weight excluding hydrogens is 258 g/mol. The van der Waals surface area contributed by atoms with Crippen molar-refractivity contribution in [2.75, 3.05) is 26.2 Å². The van der Waals surface area contributed by atoms with Crippen LogP contribution in [0.5, 0.6) is 0 Å². The molecule has 1 aliphatic rings. The molecule has 1 unspecified atom stereocenters. The maximum atomic E-state index is 12.2. The number of rotatable bonds is 4. The Hall–Kier alpha value is -1.95. The third-order valence-corrected chi connectivity index (χ3v) is 3.60. The van der Waals surface area contributed by atoms with Gasteiger partial charge in [-0.15, -0.1) is 0 Å². The molecule has 1 N–H and O–H groups in total. The number of hydrogen-bond donors (Lipinski definition) is 1. The number of piperazine rings is 1. The molecule has 6 heteroatoms. The van der Waals surface area contributed by atoms with Gasteiger partial charge < -0.3 is 10.0 Å². The monoisotopic (exact) mass is 277 g/mol. The number of carboxylic acid groups (broad SMARTS) is 1. The zero-order chi connectivity index (χ0) is 14.5. The lowest BCUT2D eigenvalue weighted by atomic mass is 10.1. The van der Waals surface area contributed by atoms with E-state index in [1.54, 1.807) is 29.3 Å². The van der Waals surface area contributed by atoms with Gasteiger partial charge in [0.1, 0.15) is 11.7 Å². The second kappa shape index (κ2) is 6.47. The summed E-state index contributed by atoms with van der Waals surface area (Å²) >= 11 is 0. The van der Waals surface area contributed by atoms with E-state index in [4.69, 9.17) is 5.11 Å². The van der Waals surface area contributed by atoms with Gasteiger partial charge in [-0.1, -0.05) is 13.0 Å². The topological polar surface area (TPSA) is 73.7 Å². The van der Waals surface area contributed by atoms with Crippen LogP contribution in [0.15, 0.2) is 24.4 Å². The summed E-state index contributed by atoms with van der Waals surface area (Å²) in [5.41, 5.74) is 0.436. The molecule has 1 saturated heterocycles.